The number of benzene rings is 2. The number of hydrogen-bond donors (Lipinski definition) is 1. The van der Waals surface area contributed by atoms with Crippen molar-refractivity contribution in [3.63, 3.8) is 0 Å². The number of anilines is 1. The molecule has 0 fully saturated rings. The van der Waals surface area contributed by atoms with Crippen LogP contribution < -0.4 is 14.4 Å². The summed E-state index contributed by atoms with van der Waals surface area (Å²) in [6.45, 7) is 2.87. The van der Waals surface area contributed by atoms with E-state index in [9.17, 15) is 13.2 Å². The zero-order chi connectivity index (χ0) is 22.3. The van der Waals surface area contributed by atoms with E-state index in [2.05, 4.69) is 24.4 Å². The highest BCUT2D eigenvalue weighted by Crippen LogP contribution is 2.25. The van der Waals surface area contributed by atoms with Crippen LogP contribution in [0.2, 0.25) is 0 Å². The first kappa shape index (κ1) is 22.8. The molecule has 1 N–H and O–H groups in total. The average molecular weight is 459 g/mol. The van der Waals surface area contributed by atoms with Crippen LogP contribution in [-0.2, 0) is 16.4 Å². The number of carbonyl (C=O) groups excluding carboxylic acids is 1. The predicted molar refractivity (Wildman–Crippen MR) is 125 cm³/mol. The van der Waals surface area contributed by atoms with Crippen LogP contribution in [0.5, 0.6) is 5.75 Å². The van der Waals surface area contributed by atoms with Crippen LogP contribution in [0.1, 0.15) is 29.3 Å². The lowest BCUT2D eigenvalue weighted by Crippen LogP contribution is -2.28. The second-order valence-corrected chi connectivity index (χ2v) is 10.1. The number of aryl methyl sites for hydroxylation is 1. The Morgan fingerprint density at radius 1 is 1.06 bits per heavy atom. The maximum atomic E-state index is 12.6. The minimum absolute atomic E-state index is 0.239. The third-order valence-electron chi connectivity index (χ3n) is 4.72. The Labute approximate surface area is 187 Å². The van der Waals surface area contributed by atoms with Gasteiger partial charge in [-0.3, -0.25) is 9.10 Å². The fourth-order valence-electron chi connectivity index (χ4n) is 2.98. The first-order chi connectivity index (χ1) is 14.9. The van der Waals surface area contributed by atoms with Crippen LogP contribution in [0.15, 0.2) is 70.3 Å². The van der Waals surface area contributed by atoms with Crippen molar-refractivity contribution >= 4 is 33.0 Å². The van der Waals surface area contributed by atoms with E-state index in [0.717, 1.165) is 18.6 Å². The minimum atomic E-state index is -3.60. The Hall–Kier alpha value is -2.84. The van der Waals surface area contributed by atoms with Gasteiger partial charge in [-0.25, -0.2) is 8.42 Å². The van der Waals surface area contributed by atoms with Crippen LogP contribution in [0.3, 0.4) is 0 Å². The van der Waals surface area contributed by atoms with E-state index >= 15 is 0 Å². The molecule has 0 saturated heterocycles. The smallest absolute Gasteiger partial charge is 0.273 e. The van der Waals surface area contributed by atoms with E-state index in [1.807, 2.05) is 12.1 Å². The topological polar surface area (TPSA) is 75.7 Å². The number of nitrogens with zero attached hydrogens (tertiary/aromatic N) is 1. The summed E-state index contributed by atoms with van der Waals surface area (Å²) in [5.41, 5.74) is 2.22. The third-order valence-corrected chi connectivity index (χ3v) is 7.88. The maximum absolute atomic E-state index is 12.6. The molecule has 3 aromatic rings. The molecule has 0 bridgehead atoms. The van der Waals surface area contributed by atoms with E-state index in [4.69, 9.17) is 4.74 Å². The highest BCUT2D eigenvalue weighted by atomic mass is 32.2. The molecule has 8 heteroatoms. The van der Waals surface area contributed by atoms with E-state index in [1.165, 1.54) is 28.3 Å². The lowest BCUT2D eigenvalue weighted by molar-refractivity contribution is 0.0947. The standard InChI is InChI=1S/C23H26N2O4S2/c1-3-5-18-7-13-21(14-8-18)29-16-15-24-23(26)19-9-11-20(12-10-19)25(2)31(27,28)22-6-4-17-30-22/h4,6-14,17H,3,5,15-16H2,1-2H3,(H,24,26). The van der Waals surface area contributed by atoms with Crippen molar-refractivity contribution in [2.24, 2.45) is 0 Å². The first-order valence-corrected chi connectivity index (χ1v) is 12.4. The zero-order valence-electron chi connectivity index (χ0n) is 17.6. The van der Waals surface area contributed by atoms with Gasteiger partial charge in [-0.05, 0) is 59.8 Å². The second-order valence-electron chi connectivity index (χ2n) is 6.95. The van der Waals surface area contributed by atoms with E-state index in [1.54, 1.807) is 41.8 Å². The van der Waals surface area contributed by atoms with Gasteiger partial charge in [-0.1, -0.05) is 31.5 Å². The van der Waals surface area contributed by atoms with Crippen molar-refractivity contribution in [1.29, 1.82) is 0 Å². The lowest BCUT2D eigenvalue weighted by Gasteiger charge is -2.18. The van der Waals surface area contributed by atoms with Gasteiger partial charge in [0.15, 0.2) is 0 Å². The quantitative estimate of drug-likeness (QED) is 0.459. The number of carbonyl (C=O) groups is 1. The molecule has 3 rings (SSSR count). The van der Waals surface area contributed by atoms with Crippen LogP contribution in [0, 0.1) is 0 Å². The summed E-state index contributed by atoms with van der Waals surface area (Å²) in [6.07, 6.45) is 2.15. The maximum Gasteiger partial charge on any atom is 0.273 e. The Morgan fingerprint density at radius 3 is 2.39 bits per heavy atom. The molecule has 1 aromatic heterocycles. The molecule has 0 saturated carbocycles. The first-order valence-electron chi connectivity index (χ1n) is 10.0. The van der Waals surface area contributed by atoms with Gasteiger partial charge in [0.25, 0.3) is 15.9 Å². The van der Waals surface area contributed by atoms with Gasteiger partial charge in [0.2, 0.25) is 0 Å². The SMILES string of the molecule is CCCc1ccc(OCCNC(=O)c2ccc(N(C)S(=O)(=O)c3cccs3)cc2)cc1. The number of amides is 1. The third kappa shape index (κ3) is 5.86. The fraction of sp³-hybridized carbons (Fsp3) is 0.261. The van der Waals surface area contributed by atoms with Crippen molar-refractivity contribution in [2.45, 2.75) is 24.0 Å². The highest BCUT2D eigenvalue weighted by Gasteiger charge is 2.22. The summed E-state index contributed by atoms with van der Waals surface area (Å²) in [5, 5.41) is 4.53. The van der Waals surface area contributed by atoms with Gasteiger partial charge in [0.05, 0.1) is 12.2 Å². The Balaban J connectivity index is 1.50. The monoisotopic (exact) mass is 458 g/mol. The molecule has 0 aliphatic heterocycles. The number of ether oxygens (including phenoxy) is 1. The Bertz CT molecular complexity index is 1080. The number of rotatable bonds is 10. The zero-order valence-corrected chi connectivity index (χ0v) is 19.2. The summed E-state index contributed by atoms with van der Waals surface area (Å²) < 4.78 is 32.3. The molecule has 0 aliphatic carbocycles. The van der Waals surface area contributed by atoms with Crippen LogP contribution >= 0.6 is 11.3 Å². The van der Waals surface area contributed by atoms with Crippen molar-refractivity contribution in [2.75, 3.05) is 24.5 Å². The van der Waals surface area contributed by atoms with Crippen molar-refractivity contribution in [1.82, 2.24) is 5.32 Å². The molecule has 0 spiro atoms. The molecule has 164 valence electrons. The molecule has 2 aromatic carbocycles. The second kappa shape index (κ2) is 10.5. The van der Waals surface area contributed by atoms with Gasteiger partial charge in [0.1, 0.15) is 16.6 Å². The molecule has 0 radical (unpaired) electrons. The minimum Gasteiger partial charge on any atom is -0.492 e. The van der Waals surface area contributed by atoms with Gasteiger partial charge in [0, 0.05) is 12.6 Å². The lowest BCUT2D eigenvalue weighted by atomic mass is 10.1. The molecule has 31 heavy (non-hydrogen) atoms. The fourth-order valence-corrected chi connectivity index (χ4v) is 5.34. The summed E-state index contributed by atoms with van der Waals surface area (Å²) in [5.74, 6) is 0.533. The number of sulfonamides is 1. The van der Waals surface area contributed by atoms with Crippen LogP contribution in [0.4, 0.5) is 5.69 Å². The van der Waals surface area contributed by atoms with Crippen LogP contribution in [0.25, 0.3) is 0 Å². The van der Waals surface area contributed by atoms with Crippen molar-refractivity contribution in [3.05, 3.63) is 77.2 Å². The molecular formula is C23H26N2O4S2. The number of hydrogen-bond acceptors (Lipinski definition) is 5. The normalized spacial score (nSPS) is 11.2. The van der Waals surface area contributed by atoms with Gasteiger partial charge in [-0.2, -0.15) is 0 Å². The Morgan fingerprint density at radius 2 is 1.77 bits per heavy atom. The largest absolute Gasteiger partial charge is 0.492 e. The highest BCUT2D eigenvalue weighted by molar-refractivity contribution is 7.94. The van der Waals surface area contributed by atoms with E-state index in [-0.39, 0.29) is 10.1 Å². The molecule has 6 nitrogen and oxygen atoms in total. The number of thiophene rings is 1. The summed E-state index contributed by atoms with van der Waals surface area (Å²) in [7, 11) is -2.10. The average Bonchev–Trinajstić information content (AvgIpc) is 3.33. The molecule has 0 atom stereocenters. The molecular weight excluding hydrogens is 432 g/mol. The summed E-state index contributed by atoms with van der Waals surface area (Å²) in [4.78, 5) is 12.3. The molecule has 1 heterocycles. The summed E-state index contributed by atoms with van der Waals surface area (Å²) >= 11 is 1.17. The van der Waals surface area contributed by atoms with Crippen molar-refractivity contribution in [3.8, 4) is 5.75 Å². The van der Waals surface area contributed by atoms with E-state index in [0.29, 0.717) is 24.4 Å². The predicted octanol–water partition coefficient (Wildman–Crippen LogP) is 4.33. The molecule has 0 aliphatic rings. The summed E-state index contributed by atoms with van der Waals surface area (Å²) in [6, 6.07) is 17.7. The van der Waals surface area contributed by atoms with Gasteiger partial charge < -0.3 is 10.1 Å². The van der Waals surface area contributed by atoms with Gasteiger partial charge in [-0.15, -0.1) is 11.3 Å². The van der Waals surface area contributed by atoms with Gasteiger partial charge >= 0.3 is 0 Å². The van der Waals surface area contributed by atoms with E-state index < -0.39 is 10.0 Å². The molecule has 0 unspecified atom stereocenters. The Kier molecular flexibility index (Phi) is 7.70. The van der Waals surface area contributed by atoms with Crippen molar-refractivity contribution < 1.29 is 17.9 Å². The van der Waals surface area contributed by atoms with Crippen LogP contribution in [-0.4, -0.2) is 34.5 Å². The number of nitrogens with one attached hydrogen (secondary N) is 1. The molecule has 1 amide bonds.